The first-order valence-corrected chi connectivity index (χ1v) is 22.3. The van der Waals surface area contributed by atoms with Crippen LogP contribution in [0.2, 0.25) is 0 Å². The van der Waals surface area contributed by atoms with E-state index in [0.29, 0.717) is 12.8 Å². The van der Waals surface area contributed by atoms with E-state index in [2.05, 4.69) is 19.2 Å². The summed E-state index contributed by atoms with van der Waals surface area (Å²) in [6, 6.07) is -0.963. The fourth-order valence-corrected chi connectivity index (χ4v) is 7.45. The minimum Gasteiger partial charge on any atom is -0.391 e. The van der Waals surface area contributed by atoms with Crippen LogP contribution in [0.1, 0.15) is 232 Å². The molecule has 2 atom stereocenters. The smallest absolute Gasteiger partial charge is 0.266 e. The molecule has 0 saturated heterocycles. The Labute approximate surface area is 293 Å². The molecule has 0 aromatic carbocycles. The van der Waals surface area contributed by atoms with Crippen molar-refractivity contribution in [3.05, 3.63) is 0 Å². The van der Waals surface area contributed by atoms with Crippen LogP contribution in [0.25, 0.3) is 0 Å². The number of aliphatic hydroxyl groups is 1. The number of carbonyl (C=O) groups excluding carboxylic acids is 1. The summed E-state index contributed by atoms with van der Waals surface area (Å²) in [7, 11) is -4.30. The Kier molecular flexibility index (Phi) is 34.7. The third-order valence-electron chi connectivity index (χ3n) is 9.81. The van der Waals surface area contributed by atoms with Crippen LogP contribution in [0.15, 0.2) is 0 Å². The molecule has 0 fully saturated rings. The molecule has 0 aromatic rings. The molecule has 3 N–H and O–H groups in total. The molecule has 0 aliphatic carbocycles. The van der Waals surface area contributed by atoms with Gasteiger partial charge < -0.3 is 10.4 Å². The summed E-state index contributed by atoms with van der Waals surface area (Å²) in [6.07, 6.45) is 40.5. The summed E-state index contributed by atoms with van der Waals surface area (Å²) in [6.45, 7) is 4.53. The predicted molar refractivity (Wildman–Crippen MR) is 203 cm³/mol. The molecular formula is C40H81NO5S. The van der Waals surface area contributed by atoms with Crippen molar-refractivity contribution < 1.29 is 22.9 Å². The lowest BCUT2D eigenvalue weighted by molar-refractivity contribution is -0.122. The summed E-state index contributed by atoms with van der Waals surface area (Å²) in [4.78, 5) is 12.5. The van der Waals surface area contributed by atoms with Crippen molar-refractivity contribution in [2.24, 2.45) is 0 Å². The lowest BCUT2D eigenvalue weighted by Crippen LogP contribution is -2.47. The lowest BCUT2D eigenvalue weighted by Gasteiger charge is -2.23. The van der Waals surface area contributed by atoms with Gasteiger partial charge in [-0.2, -0.15) is 8.42 Å². The van der Waals surface area contributed by atoms with Crippen molar-refractivity contribution in [3.8, 4) is 0 Å². The van der Waals surface area contributed by atoms with Crippen molar-refractivity contribution in [3.63, 3.8) is 0 Å². The minimum absolute atomic E-state index is 0.241. The highest BCUT2D eigenvalue weighted by Gasteiger charge is 2.26. The lowest BCUT2D eigenvalue weighted by atomic mass is 10.0. The van der Waals surface area contributed by atoms with Crippen LogP contribution in [-0.2, 0) is 14.9 Å². The maximum absolute atomic E-state index is 12.5. The third kappa shape index (κ3) is 36.4. The maximum atomic E-state index is 12.5. The Balaban J connectivity index is 3.81. The average Bonchev–Trinajstić information content (AvgIpc) is 3.03. The van der Waals surface area contributed by atoms with E-state index in [4.69, 9.17) is 0 Å². The normalized spacial score (nSPS) is 13.2. The Morgan fingerprint density at radius 3 is 1.06 bits per heavy atom. The molecule has 0 radical (unpaired) electrons. The van der Waals surface area contributed by atoms with Crippen LogP contribution >= 0.6 is 0 Å². The van der Waals surface area contributed by atoms with Gasteiger partial charge in [-0.15, -0.1) is 0 Å². The van der Waals surface area contributed by atoms with E-state index >= 15 is 0 Å². The van der Waals surface area contributed by atoms with Gasteiger partial charge in [-0.3, -0.25) is 9.35 Å². The molecule has 0 rings (SSSR count). The number of hydrogen-bond acceptors (Lipinski definition) is 4. The topological polar surface area (TPSA) is 104 Å². The fourth-order valence-electron chi connectivity index (χ4n) is 6.69. The van der Waals surface area contributed by atoms with Crippen LogP contribution < -0.4 is 5.32 Å². The van der Waals surface area contributed by atoms with Gasteiger partial charge >= 0.3 is 0 Å². The molecule has 1 amide bonds. The number of unbranched alkanes of at least 4 members (excludes halogenated alkanes) is 30. The van der Waals surface area contributed by atoms with Gasteiger partial charge in [0.2, 0.25) is 5.91 Å². The molecule has 0 aliphatic heterocycles. The molecule has 2 unspecified atom stereocenters. The molecular weight excluding hydrogens is 607 g/mol. The van der Waals surface area contributed by atoms with Crippen LogP contribution in [0.4, 0.5) is 0 Å². The van der Waals surface area contributed by atoms with Crippen molar-refractivity contribution in [2.75, 3.05) is 5.75 Å². The first-order valence-electron chi connectivity index (χ1n) is 20.7. The van der Waals surface area contributed by atoms with Crippen molar-refractivity contribution in [1.29, 1.82) is 0 Å². The van der Waals surface area contributed by atoms with E-state index in [1.807, 2.05) is 0 Å². The highest BCUT2D eigenvalue weighted by atomic mass is 32.2. The maximum Gasteiger partial charge on any atom is 0.266 e. The molecule has 282 valence electrons. The summed E-state index contributed by atoms with van der Waals surface area (Å²) in [5.74, 6) is -0.882. The molecule has 0 aliphatic rings. The van der Waals surface area contributed by atoms with Gasteiger partial charge in [-0.05, 0) is 12.8 Å². The first-order chi connectivity index (χ1) is 22.8. The summed E-state index contributed by atoms with van der Waals surface area (Å²) in [5, 5.41) is 13.4. The Bertz CT molecular complexity index is 760. The van der Waals surface area contributed by atoms with Gasteiger partial charge in [0.1, 0.15) is 0 Å². The van der Waals surface area contributed by atoms with E-state index in [1.165, 1.54) is 167 Å². The predicted octanol–water partition coefficient (Wildman–Crippen LogP) is 12.0. The Morgan fingerprint density at radius 1 is 0.489 bits per heavy atom. The van der Waals surface area contributed by atoms with Gasteiger partial charge in [-0.1, -0.05) is 213 Å². The van der Waals surface area contributed by atoms with Crippen LogP contribution in [-0.4, -0.2) is 41.9 Å². The van der Waals surface area contributed by atoms with Crippen molar-refractivity contribution in [1.82, 2.24) is 5.32 Å². The molecule has 47 heavy (non-hydrogen) atoms. The molecule has 7 heteroatoms. The molecule has 0 heterocycles. The average molecular weight is 688 g/mol. The Hall–Kier alpha value is -0.660. The summed E-state index contributed by atoms with van der Waals surface area (Å²) >= 11 is 0. The number of rotatable bonds is 38. The van der Waals surface area contributed by atoms with Crippen molar-refractivity contribution in [2.45, 2.75) is 244 Å². The summed E-state index contributed by atoms with van der Waals surface area (Å²) < 4.78 is 32.5. The largest absolute Gasteiger partial charge is 0.391 e. The zero-order valence-corrected chi connectivity index (χ0v) is 32.2. The molecule has 0 aromatic heterocycles. The molecule has 0 spiro atoms. The molecule has 0 saturated carbocycles. The van der Waals surface area contributed by atoms with Gasteiger partial charge in [0.05, 0.1) is 17.9 Å². The number of aliphatic hydroxyl groups excluding tert-OH is 1. The highest BCUT2D eigenvalue weighted by molar-refractivity contribution is 7.85. The zero-order chi connectivity index (χ0) is 34.7. The van der Waals surface area contributed by atoms with Gasteiger partial charge in [0.25, 0.3) is 10.1 Å². The van der Waals surface area contributed by atoms with E-state index in [9.17, 15) is 22.9 Å². The monoisotopic (exact) mass is 688 g/mol. The standard InChI is InChI=1S/C40H81NO5S/c1-3-5-7-9-11-13-15-17-19-20-22-24-26-28-30-32-34-36-40(43)41-38(37-47(44,45)46)39(42)35-33-31-29-27-25-23-21-18-16-14-12-10-8-6-4-2/h38-39,42H,3-37H2,1-2H3,(H,41,43)(H,44,45,46). The van der Waals surface area contributed by atoms with Crippen molar-refractivity contribution >= 4 is 16.0 Å². The first kappa shape index (κ1) is 46.3. The quantitative estimate of drug-likeness (QED) is 0.0443. The number of hydrogen-bond donors (Lipinski definition) is 3. The Morgan fingerprint density at radius 2 is 0.766 bits per heavy atom. The molecule has 0 bridgehead atoms. The van der Waals surface area contributed by atoms with E-state index in [1.54, 1.807) is 0 Å². The third-order valence-corrected chi connectivity index (χ3v) is 10.6. The summed E-state index contributed by atoms with van der Waals surface area (Å²) in [5.41, 5.74) is 0. The van der Waals surface area contributed by atoms with Gasteiger partial charge in [0, 0.05) is 6.42 Å². The van der Waals surface area contributed by atoms with Crippen LogP contribution in [0.3, 0.4) is 0 Å². The van der Waals surface area contributed by atoms with Gasteiger partial charge in [0.15, 0.2) is 0 Å². The number of carbonyl (C=O) groups is 1. The number of amides is 1. The molecule has 6 nitrogen and oxygen atoms in total. The minimum atomic E-state index is -4.30. The van der Waals surface area contributed by atoms with Crippen LogP contribution in [0, 0.1) is 0 Å². The van der Waals surface area contributed by atoms with E-state index < -0.39 is 28.0 Å². The second-order valence-corrected chi connectivity index (χ2v) is 16.1. The number of nitrogens with one attached hydrogen (secondary N) is 1. The van der Waals surface area contributed by atoms with Gasteiger partial charge in [-0.25, -0.2) is 0 Å². The zero-order valence-electron chi connectivity index (χ0n) is 31.4. The highest BCUT2D eigenvalue weighted by Crippen LogP contribution is 2.17. The second kappa shape index (κ2) is 35.2. The van der Waals surface area contributed by atoms with E-state index in [-0.39, 0.29) is 5.91 Å². The second-order valence-electron chi connectivity index (χ2n) is 14.6. The van der Waals surface area contributed by atoms with E-state index in [0.717, 1.165) is 38.5 Å². The SMILES string of the molecule is CCCCCCCCCCCCCCCCCCCC(=O)NC(CS(=O)(=O)O)C(O)CCCCCCCCCCCCCCCCC. The van der Waals surface area contributed by atoms with Crippen LogP contribution in [0.5, 0.6) is 0 Å². The fraction of sp³-hybridized carbons (Fsp3) is 0.975.